The second kappa shape index (κ2) is 6.41. The van der Waals surface area contributed by atoms with Gasteiger partial charge < -0.3 is 14.4 Å². The maximum Gasteiger partial charge on any atom is 0.410 e. The molecule has 0 heterocycles. The van der Waals surface area contributed by atoms with E-state index in [0.29, 0.717) is 11.3 Å². The minimum Gasteiger partial charge on any atom is -0.497 e. The number of likely N-dealkylation sites (N-methyl/N-ethyl adjacent to an activating group) is 1. The van der Waals surface area contributed by atoms with Crippen molar-refractivity contribution in [2.75, 3.05) is 20.7 Å². The Bertz CT molecular complexity index is 474. The molecule has 0 aliphatic heterocycles. The molecule has 1 aromatic rings. The summed E-state index contributed by atoms with van der Waals surface area (Å²) in [5.74, 6) is 0.531. The molecule has 0 aliphatic carbocycles. The van der Waals surface area contributed by atoms with E-state index in [-0.39, 0.29) is 12.3 Å². The van der Waals surface area contributed by atoms with Crippen LogP contribution < -0.4 is 4.74 Å². The minimum atomic E-state index is -0.575. The Morgan fingerprint density at radius 3 is 2.15 bits per heavy atom. The average molecular weight is 279 g/mol. The predicted octanol–water partition coefficient (Wildman–Crippen LogP) is 2.74. The lowest BCUT2D eigenvalue weighted by Gasteiger charge is -2.24. The third-order valence-corrected chi connectivity index (χ3v) is 2.50. The number of hydrogen-bond acceptors (Lipinski definition) is 4. The Morgan fingerprint density at radius 2 is 1.70 bits per heavy atom. The molecule has 0 aliphatic rings. The van der Waals surface area contributed by atoms with Gasteiger partial charge in [0.15, 0.2) is 5.78 Å². The Labute approximate surface area is 119 Å². The molecular weight excluding hydrogens is 258 g/mol. The van der Waals surface area contributed by atoms with Crippen LogP contribution in [0.15, 0.2) is 24.3 Å². The van der Waals surface area contributed by atoms with Crippen molar-refractivity contribution in [3.8, 4) is 5.75 Å². The van der Waals surface area contributed by atoms with E-state index in [0.717, 1.165) is 0 Å². The van der Waals surface area contributed by atoms with E-state index in [1.807, 2.05) is 0 Å². The number of benzene rings is 1. The van der Waals surface area contributed by atoms with Crippen molar-refractivity contribution >= 4 is 11.9 Å². The van der Waals surface area contributed by atoms with Gasteiger partial charge in [0.05, 0.1) is 13.7 Å². The van der Waals surface area contributed by atoms with Crippen LogP contribution in [0.25, 0.3) is 0 Å². The molecule has 1 rings (SSSR count). The van der Waals surface area contributed by atoms with Crippen LogP contribution in [-0.4, -0.2) is 43.1 Å². The van der Waals surface area contributed by atoms with Crippen LogP contribution in [0.1, 0.15) is 31.1 Å². The predicted molar refractivity (Wildman–Crippen MR) is 76.2 cm³/mol. The molecule has 1 amide bonds. The van der Waals surface area contributed by atoms with Crippen LogP contribution in [0.2, 0.25) is 0 Å². The molecule has 0 aromatic heterocycles. The van der Waals surface area contributed by atoms with Gasteiger partial charge in [0.25, 0.3) is 0 Å². The quantitative estimate of drug-likeness (QED) is 0.795. The van der Waals surface area contributed by atoms with E-state index in [2.05, 4.69) is 0 Å². The van der Waals surface area contributed by atoms with Gasteiger partial charge in [-0.25, -0.2) is 4.79 Å². The van der Waals surface area contributed by atoms with E-state index < -0.39 is 11.7 Å². The fourth-order valence-electron chi connectivity index (χ4n) is 1.49. The van der Waals surface area contributed by atoms with Crippen LogP contribution in [0.4, 0.5) is 4.79 Å². The number of hydrogen-bond donors (Lipinski definition) is 0. The molecule has 0 radical (unpaired) electrons. The summed E-state index contributed by atoms with van der Waals surface area (Å²) in [6.07, 6.45) is -0.514. The summed E-state index contributed by atoms with van der Waals surface area (Å²) >= 11 is 0. The molecule has 5 heteroatoms. The Hall–Kier alpha value is -2.04. The maximum atomic E-state index is 12.0. The molecule has 0 N–H and O–H groups in total. The maximum absolute atomic E-state index is 12.0. The van der Waals surface area contributed by atoms with Crippen LogP contribution in [0.5, 0.6) is 5.75 Å². The van der Waals surface area contributed by atoms with E-state index in [1.54, 1.807) is 52.1 Å². The first-order valence-electron chi connectivity index (χ1n) is 6.34. The number of rotatable bonds is 4. The molecule has 1 aromatic carbocycles. The summed E-state index contributed by atoms with van der Waals surface area (Å²) in [4.78, 5) is 25.1. The number of ketones is 1. The summed E-state index contributed by atoms with van der Waals surface area (Å²) in [5.41, 5.74) is -0.0460. The molecular formula is C15H21NO4. The van der Waals surface area contributed by atoms with E-state index in [9.17, 15) is 9.59 Å². The van der Waals surface area contributed by atoms with Crippen molar-refractivity contribution in [2.24, 2.45) is 0 Å². The summed E-state index contributed by atoms with van der Waals surface area (Å²) in [6.45, 7) is 5.32. The molecule has 0 saturated carbocycles. The van der Waals surface area contributed by atoms with Gasteiger partial charge in [0.1, 0.15) is 11.4 Å². The number of carbonyl (C=O) groups excluding carboxylic acids is 2. The van der Waals surface area contributed by atoms with Crippen molar-refractivity contribution in [3.63, 3.8) is 0 Å². The minimum absolute atomic E-state index is 0.0265. The van der Waals surface area contributed by atoms with Crippen molar-refractivity contribution in [1.29, 1.82) is 0 Å². The number of nitrogens with zero attached hydrogens (tertiary/aromatic N) is 1. The Balaban J connectivity index is 2.62. The van der Waals surface area contributed by atoms with E-state index >= 15 is 0 Å². The lowest BCUT2D eigenvalue weighted by atomic mass is 10.1. The van der Waals surface area contributed by atoms with Crippen LogP contribution in [-0.2, 0) is 4.74 Å². The summed E-state index contributed by atoms with van der Waals surface area (Å²) in [5, 5.41) is 0. The lowest BCUT2D eigenvalue weighted by molar-refractivity contribution is 0.0294. The second-order valence-corrected chi connectivity index (χ2v) is 5.49. The molecule has 110 valence electrons. The molecule has 0 saturated heterocycles. The zero-order chi connectivity index (χ0) is 15.3. The highest BCUT2D eigenvalue weighted by molar-refractivity contribution is 5.98. The largest absolute Gasteiger partial charge is 0.497 e. The summed E-state index contributed by atoms with van der Waals surface area (Å²) < 4.78 is 10.2. The number of amides is 1. The van der Waals surface area contributed by atoms with Gasteiger partial charge in [-0.15, -0.1) is 0 Å². The van der Waals surface area contributed by atoms with E-state index in [4.69, 9.17) is 9.47 Å². The van der Waals surface area contributed by atoms with Gasteiger partial charge in [-0.2, -0.15) is 0 Å². The average Bonchev–Trinajstić information content (AvgIpc) is 2.36. The Morgan fingerprint density at radius 1 is 1.15 bits per heavy atom. The number of ether oxygens (including phenoxy) is 2. The molecule has 0 bridgehead atoms. The molecule has 20 heavy (non-hydrogen) atoms. The molecule has 0 fully saturated rings. The first-order chi connectivity index (χ1) is 9.23. The van der Waals surface area contributed by atoms with Gasteiger partial charge in [-0.1, -0.05) is 0 Å². The highest BCUT2D eigenvalue weighted by Crippen LogP contribution is 2.13. The van der Waals surface area contributed by atoms with Crippen LogP contribution in [0, 0.1) is 0 Å². The number of methoxy groups -OCH3 is 1. The zero-order valence-corrected chi connectivity index (χ0v) is 12.6. The van der Waals surface area contributed by atoms with E-state index in [1.165, 1.54) is 11.9 Å². The first-order valence-corrected chi connectivity index (χ1v) is 6.34. The highest BCUT2D eigenvalue weighted by Gasteiger charge is 2.21. The normalized spacial score (nSPS) is 10.8. The fraction of sp³-hybridized carbons (Fsp3) is 0.467. The smallest absolute Gasteiger partial charge is 0.410 e. The number of Topliss-reactive ketones (excluding diaryl/α,β-unsaturated/α-hetero) is 1. The van der Waals surface area contributed by atoms with Crippen LogP contribution in [0.3, 0.4) is 0 Å². The Kier molecular flexibility index (Phi) is 5.13. The first kappa shape index (κ1) is 16.0. The van der Waals surface area contributed by atoms with Crippen molar-refractivity contribution in [3.05, 3.63) is 29.8 Å². The summed E-state index contributed by atoms with van der Waals surface area (Å²) in [6, 6.07) is 6.76. The lowest BCUT2D eigenvalue weighted by Crippen LogP contribution is -2.37. The van der Waals surface area contributed by atoms with Crippen molar-refractivity contribution in [2.45, 2.75) is 26.4 Å². The highest BCUT2D eigenvalue weighted by atomic mass is 16.6. The second-order valence-electron chi connectivity index (χ2n) is 5.49. The van der Waals surface area contributed by atoms with Gasteiger partial charge in [0, 0.05) is 12.6 Å². The third kappa shape index (κ3) is 4.91. The third-order valence-electron chi connectivity index (χ3n) is 2.50. The van der Waals surface area contributed by atoms with Gasteiger partial charge in [-0.05, 0) is 45.0 Å². The molecule has 5 nitrogen and oxygen atoms in total. The molecule has 0 atom stereocenters. The van der Waals surface area contributed by atoms with Gasteiger partial charge in [-0.3, -0.25) is 4.79 Å². The topological polar surface area (TPSA) is 55.8 Å². The van der Waals surface area contributed by atoms with Gasteiger partial charge in [0.2, 0.25) is 0 Å². The van der Waals surface area contributed by atoms with Crippen LogP contribution >= 0.6 is 0 Å². The summed E-state index contributed by atoms with van der Waals surface area (Å²) in [7, 11) is 3.10. The molecule has 0 unspecified atom stereocenters. The van der Waals surface area contributed by atoms with Crippen molar-refractivity contribution in [1.82, 2.24) is 4.90 Å². The van der Waals surface area contributed by atoms with Gasteiger partial charge >= 0.3 is 6.09 Å². The monoisotopic (exact) mass is 279 g/mol. The standard InChI is InChI=1S/C15H21NO4/c1-15(2,3)20-14(18)16(4)10-13(17)11-6-8-12(19-5)9-7-11/h6-9H,10H2,1-5H3. The number of carbonyl (C=O) groups is 2. The fourth-order valence-corrected chi connectivity index (χ4v) is 1.49. The zero-order valence-electron chi connectivity index (χ0n) is 12.6. The van der Waals surface area contributed by atoms with Crippen molar-refractivity contribution < 1.29 is 19.1 Å². The molecule has 0 spiro atoms. The SMILES string of the molecule is COc1ccc(C(=O)CN(C)C(=O)OC(C)(C)C)cc1.